The number of rotatable bonds is 6. The highest BCUT2D eigenvalue weighted by Gasteiger charge is 2.67. The van der Waals surface area contributed by atoms with Gasteiger partial charge in [0.25, 0.3) is 0 Å². The Morgan fingerprint density at radius 2 is 1.89 bits per heavy atom. The van der Waals surface area contributed by atoms with E-state index in [2.05, 4.69) is 89.7 Å². The summed E-state index contributed by atoms with van der Waals surface area (Å²) in [6, 6.07) is 12.1. The van der Waals surface area contributed by atoms with Gasteiger partial charge in [0.2, 0.25) is 0 Å². The van der Waals surface area contributed by atoms with Crippen LogP contribution in [0.3, 0.4) is 0 Å². The molecule has 3 rings (SSSR count). The average molecular weight is 628 g/mol. The lowest BCUT2D eigenvalue weighted by Crippen LogP contribution is -2.22. The van der Waals surface area contributed by atoms with E-state index in [1.165, 1.54) is 5.56 Å². The molecule has 1 aliphatic carbocycles. The van der Waals surface area contributed by atoms with Gasteiger partial charge in [0.05, 0.1) is 17.0 Å². The van der Waals surface area contributed by atoms with Crippen LogP contribution >= 0.6 is 63.7 Å². The first-order valence-corrected chi connectivity index (χ1v) is 11.9. The quantitative estimate of drug-likeness (QED) is 0.262. The first-order valence-electron chi connectivity index (χ1n) is 8.58. The summed E-state index contributed by atoms with van der Waals surface area (Å²) in [7, 11) is 0. The number of ether oxygens (including phenoxy) is 1. The molecule has 2 aromatic rings. The SMILES string of the molecule is CC1(C)[C@H](C(=O)OCc2coc(Cc3ccccc3)c2)[C@@H]1C(Br)C(Br)(Br)Br. The lowest BCUT2D eigenvalue weighted by atomic mass is 10.1. The normalized spacial score (nSPS) is 22.3. The molecule has 146 valence electrons. The van der Waals surface area contributed by atoms with Crippen molar-refractivity contribution >= 4 is 69.7 Å². The minimum atomic E-state index is -0.457. The molecule has 1 fully saturated rings. The number of carbonyl (C=O) groups excluding carboxylic acids is 1. The van der Waals surface area contributed by atoms with Crippen LogP contribution in [0.25, 0.3) is 0 Å². The summed E-state index contributed by atoms with van der Waals surface area (Å²) in [4.78, 5) is 12.6. The Morgan fingerprint density at radius 3 is 2.52 bits per heavy atom. The van der Waals surface area contributed by atoms with E-state index in [0.717, 1.165) is 17.7 Å². The maximum absolute atomic E-state index is 12.6. The summed E-state index contributed by atoms with van der Waals surface area (Å²) < 4.78 is 10.7. The van der Waals surface area contributed by atoms with Crippen LogP contribution in [0.5, 0.6) is 0 Å². The summed E-state index contributed by atoms with van der Waals surface area (Å²) in [6.07, 6.45) is 2.39. The molecule has 0 aliphatic heterocycles. The Hall–Kier alpha value is -0.110. The van der Waals surface area contributed by atoms with Crippen molar-refractivity contribution in [3.8, 4) is 0 Å². The molecule has 0 bridgehead atoms. The van der Waals surface area contributed by atoms with E-state index in [9.17, 15) is 4.79 Å². The highest BCUT2D eigenvalue weighted by atomic mass is 80.0. The molecule has 1 saturated carbocycles. The van der Waals surface area contributed by atoms with Gasteiger partial charge in [-0.15, -0.1) is 0 Å². The number of furan rings is 1. The molecule has 0 saturated heterocycles. The zero-order chi connectivity index (χ0) is 19.8. The molecule has 0 radical (unpaired) electrons. The number of esters is 1. The predicted octanol–water partition coefficient (Wildman–Crippen LogP) is 6.79. The summed E-state index contributed by atoms with van der Waals surface area (Å²) in [6.45, 7) is 4.41. The molecular formula is C20H20Br4O3. The van der Waals surface area contributed by atoms with Crippen molar-refractivity contribution in [3.63, 3.8) is 0 Å². The highest BCUT2D eigenvalue weighted by molar-refractivity contribution is 9.40. The zero-order valence-corrected chi connectivity index (χ0v) is 21.3. The lowest BCUT2D eigenvalue weighted by Gasteiger charge is -2.20. The second kappa shape index (κ2) is 8.33. The van der Waals surface area contributed by atoms with Crippen molar-refractivity contribution in [1.29, 1.82) is 0 Å². The fraction of sp³-hybridized carbons (Fsp3) is 0.450. The molecule has 0 N–H and O–H groups in total. The Bertz CT molecular complexity index is 795. The fourth-order valence-electron chi connectivity index (χ4n) is 3.51. The molecule has 3 atom stereocenters. The lowest BCUT2D eigenvalue weighted by molar-refractivity contribution is -0.147. The van der Waals surface area contributed by atoms with Crippen LogP contribution in [0, 0.1) is 17.3 Å². The predicted molar refractivity (Wildman–Crippen MR) is 121 cm³/mol. The second-order valence-electron chi connectivity index (χ2n) is 7.46. The van der Waals surface area contributed by atoms with Crippen LogP contribution in [-0.2, 0) is 22.6 Å². The third-order valence-corrected chi connectivity index (χ3v) is 9.68. The molecule has 3 nitrogen and oxygen atoms in total. The topological polar surface area (TPSA) is 39.4 Å². The van der Waals surface area contributed by atoms with Crippen molar-refractivity contribution < 1.29 is 13.9 Å². The van der Waals surface area contributed by atoms with E-state index < -0.39 is 2.14 Å². The third-order valence-electron chi connectivity index (χ3n) is 5.10. The molecule has 0 amide bonds. The maximum Gasteiger partial charge on any atom is 0.310 e. The molecule has 0 spiro atoms. The summed E-state index contributed by atoms with van der Waals surface area (Å²) >= 11 is 14.3. The fourth-order valence-corrected chi connectivity index (χ4v) is 5.35. The van der Waals surface area contributed by atoms with Gasteiger partial charge in [0, 0.05) is 12.0 Å². The van der Waals surface area contributed by atoms with Crippen molar-refractivity contribution in [2.75, 3.05) is 0 Å². The molecule has 27 heavy (non-hydrogen) atoms. The molecule has 1 unspecified atom stereocenters. The number of alkyl halides is 4. The largest absolute Gasteiger partial charge is 0.469 e. The van der Waals surface area contributed by atoms with E-state index in [1.54, 1.807) is 6.26 Å². The highest BCUT2D eigenvalue weighted by Crippen LogP contribution is 2.66. The molecule has 7 heteroatoms. The maximum atomic E-state index is 12.6. The Kier molecular flexibility index (Phi) is 6.66. The van der Waals surface area contributed by atoms with Crippen LogP contribution in [0.15, 0.2) is 47.1 Å². The number of hydrogen-bond acceptors (Lipinski definition) is 3. The van der Waals surface area contributed by atoms with Crippen molar-refractivity contribution in [1.82, 2.24) is 0 Å². The monoisotopic (exact) mass is 624 g/mol. The van der Waals surface area contributed by atoms with Crippen LogP contribution in [0.1, 0.15) is 30.7 Å². The van der Waals surface area contributed by atoms with Crippen LogP contribution in [-0.4, -0.2) is 12.9 Å². The second-order valence-corrected chi connectivity index (χ2v) is 15.4. The van der Waals surface area contributed by atoms with E-state index in [-0.39, 0.29) is 34.7 Å². The van der Waals surface area contributed by atoms with E-state index in [0.29, 0.717) is 0 Å². The van der Waals surface area contributed by atoms with Gasteiger partial charge in [0.15, 0.2) is 0 Å². The van der Waals surface area contributed by atoms with Crippen LogP contribution in [0.2, 0.25) is 0 Å². The van der Waals surface area contributed by atoms with Gasteiger partial charge in [-0.05, 0) is 23.0 Å². The minimum Gasteiger partial charge on any atom is -0.469 e. The van der Waals surface area contributed by atoms with Gasteiger partial charge in [-0.1, -0.05) is 108 Å². The molecule has 1 heterocycles. The van der Waals surface area contributed by atoms with Crippen molar-refractivity contribution in [2.24, 2.45) is 17.3 Å². The summed E-state index contributed by atoms with van der Waals surface area (Å²) in [5.74, 6) is 0.697. The van der Waals surface area contributed by atoms with Crippen molar-refractivity contribution in [3.05, 3.63) is 59.5 Å². The van der Waals surface area contributed by atoms with Crippen molar-refractivity contribution in [2.45, 2.75) is 33.8 Å². The van der Waals surface area contributed by atoms with Gasteiger partial charge in [-0.25, -0.2) is 0 Å². The molecule has 1 aliphatic rings. The van der Waals surface area contributed by atoms with E-state index in [4.69, 9.17) is 9.15 Å². The van der Waals surface area contributed by atoms with Crippen LogP contribution < -0.4 is 0 Å². The van der Waals surface area contributed by atoms with Crippen LogP contribution in [0.4, 0.5) is 0 Å². The Labute approximate surface area is 193 Å². The molecular weight excluding hydrogens is 608 g/mol. The first kappa shape index (κ1) is 21.6. The van der Waals surface area contributed by atoms with E-state index >= 15 is 0 Å². The van der Waals surface area contributed by atoms with E-state index in [1.807, 2.05) is 24.3 Å². The first-order chi connectivity index (χ1) is 12.6. The molecule has 1 aromatic heterocycles. The van der Waals surface area contributed by atoms with Gasteiger partial charge in [-0.3, -0.25) is 4.79 Å². The molecule has 1 aromatic carbocycles. The summed E-state index contributed by atoms with van der Waals surface area (Å²) in [5, 5.41) is 0. The Balaban J connectivity index is 1.56. The minimum absolute atomic E-state index is 0.0314. The Morgan fingerprint density at radius 1 is 1.22 bits per heavy atom. The standard InChI is InChI=1S/C20H20Br4O3/c1-19(2)15(17(21)20(22,23)24)16(19)18(25)27-11-13-9-14(26-10-13)8-12-6-4-3-5-7-12/h3-7,9-10,15-17H,8,11H2,1-2H3/t15-,16+,17?/m1/s1. The van der Waals surface area contributed by atoms with Gasteiger partial charge < -0.3 is 9.15 Å². The van der Waals surface area contributed by atoms with Gasteiger partial charge in [0.1, 0.15) is 14.5 Å². The average Bonchev–Trinajstić information content (AvgIpc) is 2.93. The third kappa shape index (κ3) is 5.09. The number of benzene rings is 1. The smallest absolute Gasteiger partial charge is 0.310 e. The summed E-state index contributed by atoms with van der Waals surface area (Å²) in [5.41, 5.74) is 1.93. The van der Waals surface area contributed by atoms with Gasteiger partial charge in [-0.2, -0.15) is 0 Å². The zero-order valence-electron chi connectivity index (χ0n) is 14.9. The van der Waals surface area contributed by atoms with Gasteiger partial charge >= 0.3 is 5.97 Å². The number of carbonyl (C=O) groups is 1. The number of halogens is 4. The number of hydrogen-bond donors (Lipinski definition) is 0.